The molecule has 0 aromatic heterocycles. The summed E-state index contributed by atoms with van der Waals surface area (Å²) in [6.45, 7) is 0. The molecule has 6 heteroatoms. The summed E-state index contributed by atoms with van der Waals surface area (Å²) in [6.07, 6.45) is 2.55. The summed E-state index contributed by atoms with van der Waals surface area (Å²) in [5.74, 6) is -0.0205. The Morgan fingerprint density at radius 3 is 2.46 bits per heavy atom. The van der Waals surface area contributed by atoms with Crippen molar-refractivity contribution in [3.63, 3.8) is 0 Å². The minimum atomic E-state index is -0.147. The predicted octanol–water partition coefficient (Wildman–Crippen LogP) is 5.15. The van der Waals surface area contributed by atoms with Crippen LogP contribution in [0.1, 0.15) is 17.5 Å². The lowest BCUT2D eigenvalue weighted by Gasteiger charge is -2.04. The second-order valence-electron chi connectivity index (χ2n) is 5.81. The molecule has 0 aliphatic carbocycles. The molecular formula is C20H16Br2N2O2. The Morgan fingerprint density at radius 1 is 1.04 bits per heavy atom. The van der Waals surface area contributed by atoms with Gasteiger partial charge in [-0.2, -0.15) is 5.10 Å². The van der Waals surface area contributed by atoms with E-state index in [-0.39, 0.29) is 11.7 Å². The van der Waals surface area contributed by atoms with Crippen molar-refractivity contribution in [2.75, 3.05) is 0 Å². The van der Waals surface area contributed by atoms with Crippen molar-refractivity contribution in [2.24, 2.45) is 5.10 Å². The zero-order chi connectivity index (χ0) is 18.5. The molecule has 0 aliphatic rings. The van der Waals surface area contributed by atoms with Gasteiger partial charge in [-0.1, -0.05) is 42.5 Å². The lowest BCUT2D eigenvalue weighted by atomic mass is 10.0. The van der Waals surface area contributed by atoms with Crippen LogP contribution in [0.15, 0.2) is 68.6 Å². The number of nitrogens with one attached hydrogen (secondary N) is 1. The van der Waals surface area contributed by atoms with Gasteiger partial charge >= 0.3 is 0 Å². The molecule has 132 valence electrons. The first kappa shape index (κ1) is 18.6. The quantitative estimate of drug-likeness (QED) is 0.395. The highest BCUT2D eigenvalue weighted by molar-refractivity contribution is 9.11. The van der Waals surface area contributed by atoms with Crippen LogP contribution in [0.5, 0.6) is 5.75 Å². The van der Waals surface area contributed by atoms with E-state index in [0.29, 0.717) is 21.8 Å². The van der Waals surface area contributed by atoms with E-state index >= 15 is 0 Å². The van der Waals surface area contributed by atoms with E-state index in [1.54, 1.807) is 12.1 Å². The molecule has 1 amide bonds. The number of nitrogens with zero attached hydrogens (tertiary/aromatic N) is 1. The van der Waals surface area contributed by atoms with E-state index in [1.807, 2.05) is 18.2 Å². The molecular weight excluding hydrogens is 460 g/mol. The summed E-state index contributed by atoms with van der Waals surface area (Å²) in [4.78, 5) is 12.0. The number of phenolic OH excluding ortho intramolecular Hbond substituents is 1. The van der Waals surface area contributed by atoms with Gasteiger partial charge in [-0.3, -0.25) is 4.79 Å². The number of fused-ring (bicyclic) bond motifs is 1. The van der Waals surface area contributed by atoms with Crippen molar-refractivity contribution < 1.29 is 9.90 Å². The minimum Gasteiger partial charge on any atom is -0.506 e. The molecule has 3 rings (SSSR count). The van der Waals surface area contributed by atoms with Crippen LogP contribution < -0.4 is 5.43 Å². The maximum absolute atomic E-state index is 12.0. The third-order valence-corrected chi connectivity index (χ3v) is 5.11. The minimum absolute atomic E-state index is 0.126. The fraction of sp³-hybridized carbons (Fsp3) is 0.100. The van der Waals surface area contributed by atoms with E-state index in [0.717, 1.165) is 11.1 Å². The van der Waals surface area contributed by atoms with E-state index in [1.165, 1.54) is 17.0 Å². The van der Waals surface area contributed by atoms with Crippen LogP contribution >= 0.6 is 31.9 Å². The monoisotopic (exact) mass is 474 g/mol. The van der Waals surface area contributed by atoms with Gasteiger partial charge < -0.3 is 5.11 Å². The van der Waals surface area contributed by atoms with Crippen LogP contribution in [0.4, 0.5) is 0 Å². The number of hydrogen-bond acceptors (Lipinski definition) is 3. The highest BCUT2D eigenvalue weighted by atomic mass is 79.9. The molecule has 3 aromatic rings. The SMILES string of the molecule is O=C(CCc1ccc2ccccc2c1)N/N=C\c1cc(Br)c(O)c(Br)c1. The van der Waals surface area contributed by atoms with Crippen LogP contribution in [0, 0.1) is 0 Å². The number of halogens is 2. The highest BCUT2D eigenvalue weighted by Gasteiger charge is 2.05. The van der Waals surface area contributed by atoms with Crippen LogP contribution in [0.25, 0.3) is 10.8 Å². The van der Waals surface area contributed by atoms with Crippen LogP contribution in [0.3, 0.4) is 0 Å². The van der Waals surface area contributed by atoms with Gasteiger partial charge in [0.2, 0.25) is 5.91 Å². The summed E-state index contributed by atoms with van der Waals surface area (Å²) >= 11 is 6.51. The zero-order valence-corrected chi connectivity index (χ0v) is 16.9. The summed E-state index contributed by atoms with van der Waals surface area (Å²) in [6, 6.07) is 17.8. The number of hydrazone groups is 1. The number of carbonyl (C=O) groups is 1. The van der Waals surface area contributed by atoms with Gasteiger partial charge in [0.05, 0.1) is 15.2 Å². The standard InChI is InChI=1S/C20H16Br2N2O2/c21-17-10-14(11-18(22)20(17)26)12-23-24-19(25)8-6-13-5-7-15-3-1-2-4-16(15)9-13/h1-5,7,9-12,26H,6,8H2,(H,24,25)/b23-12-. The Balaban J connectivity index is 1.55. The van der Waals surface area contributed by atoms with Crippen molar-refractivity contribution in [3.8, 4) is 5.75 Å². The molecule has 0 atom stereocenters. The molecule has 3 aromatic carbocycles. The Hall–Kier alpha value is -2.18. The number of aryl methyl sites for hydroxylation is 1. The van der Waals surface area contributed by atoms with Gasteiger partial charge in [-0.05, 0) is 72.3 Å². The molecule has 4 nitrogen and oxygen atoms in total. The Kier molecular flexibility index (Phi) is 6.06. The van der Waals surface area contributed by atoms with Gasteiger partial charge in [0, 0.05) is 6.42 Å². The molecule has 0 saturated heterocycles. The molecule has 26 heavy (non-hydrogen) atoms. The van der Waals surface area contributed by atoms with Gasteiger partial charge in [-0.15, -0.1) is 0 Å². The molecule has 2 N–H and O–H groups in total. The molecule has 0 fully saturated rings. The lowest BCUT2D eigenvalue weighted by molar-refractivity contribution is -0.121. The third-order valence-electron chi connectivity index (χ3n) is 3.90. The topological polar surface area (TPSA) is 61.7 Å². The summed E-state index contributed by atoms with van der Waals surface area (Å²) in [5, 5.41) is 16.0. The van der Waals surface area contributed by atoms with Crippen LogP contribution in [0.2, 0.25) is 0 Å². The number of amides is 1. The fourth-order valence-corrected chi connectivity index (χ4v) is 3.77. The van der Waals surface area contributed by atoms with Crippen LogP contribution in [-0.4, -0.2) is 17.2 Å². The Morgan fingerprint density at radius 2 is 1.73 bits per heavy atom. The van der Waals surface area contributed by atoms with Gasteiger partial charge in [0.15, 0.2) is 0 Å². The summed E-state index contributed by atoms with van der Waals surface area (Å²) < 4.78 is 1.10. The van der Waals surface area contributed by atoms with Gasteiger partial charge in [-0.25, -0.2) is 5.43 Å². The van der Waals surface area contributed by atoms with Crippen molar-refractivity contribution >= 4 is 54.8 Å². The molecule has 0 heterocycles. The van der Waals surface area contributed by atoms with Crippen molar-refractivity contribution in [1.82, 2.24) is 5.43 Å². The smallest absolute Gasteiger partial charge is 0.240 e. The molecule has 0 unspecified atom stereocenters. The number of hydrogen-bond donors (Lipinski definition) is 2. The largest absolute Gasteiger partial charge is 0.506 e. The molecule has 0 radical (unpaired) electrons. The predicted molar refractivity (Wildman–Crippen MR) is 112 cm³/mol. The first-order valence-electron chi connectivity index (χ1n) is 8.00. The van der Waals surface area contributed by atoms with E-state index in [9.17, 15) is 9.90 Å². The normalized spacial score (nSPS) is 11.2. The van der Waals surface area contributed by atoms with Crippen LogP contribution in [-0.2, 0) is 11.2 Å². The lowest BCUT2D eigenvalue weighted by Crippen LogP contribution is -2.17. The van der Waals surface area contributed by atoms with E-state index in [4.69, 9.17) is 0 Å². The highest BCUT2D eigenvalue weighted by Crippen LogP contribution is 2.32. The molecule has 0 bridgehead atoms. The molecule has 0 saturated carbocycles. The average molecular weight is 476 g/mol. The van der Waals surface area contributed by atoms with E-state index < -0.39 is 0 Å². The van der Waals surface area contributed by atoms with Crippen molar-refractivity contribution in [2.45, 2.75) is 12.8 Å². The van der Waals surface area contributed by atoms with Crippen molar-refractivity contribution in [1.29, 1.82) is 0 Å². The van der Waals surface area contributed by atoms with Gasteiger partial charge in [0.25, 0.3) is 0 Å². The summed E-state index contributed by atoms with van der Waals surface area (Å²) in [5.41, 5.74) is 4.40. The maximum atomic E-state index is 12.0. The zero-order valence-electron chi connectivity index (χ0n) is 13.7. The van der Waals surface area contributed by atoms with Crippen molar-refractivity contribution in [3.05, 3.63) is 74.7 Å². The first-order chi connectivity index (χ1) is 12.5. The number of carbonyl (C=O) groups excluding carboxylic acids is 1. The number of phenols is 1. The Labute approximate surface area is 168 Å². The fourth-order valence-electron chi connectivity index (χ4n) is 2.55. The average Bonchev–Trinajstić information content (AvgIpc) is 2.64. The summed E-state index contributed by atoms with van der Waals surface area (Å²) in [7, 11) is 0. The molecule has 0 aliphatic heterocycles. The van der Waals surface area contributed by atoms with Gasteiger partial charge in [0.1, 0.15) is 5.75 Å². The Bertz CT molecular complexity index is 963. The number of rotatable bonds is 5. The third kappa shape index (κ3) is 4.71. The second-order valence-corrected chi connectivity index (χ2v) is 7.52. The first-order valence-corrected chi connectivity index (χ1v) is 9.59. The maximum Gasteiger partial charge on any atom is 0.240 e. The number of aromatic hydroxyl groups is 1. The second kappa shape index (κ2) is 8.47. The molecule has 0 spiro atoms. The number of benzene rings is 3. The van der Waals surface area contributed by atoms with E-state index in [2.05, 4.69) is 66.7 Å².